The number of carbonyl (C=O) groups excluding carboxylic acids is 2. The predicted octanol–water partition coefficient (Wildman–Crippen LogP) is 3.20. The maximum absolute atomic E-state index is 12.3. The van der Waals surface area contributed by atoms with Crippen LogP contribution in [-0.4, -0.2) is 27.7 Å². The van der Waals surface area contributed by atoms with E-state index >= 15 is 0 Å². The second-order valence-electron chi connectivity index (χ2n) is 5.67. The number of aryl methyl sites for hydroxylation is 1. The van der Waals surface area contributed by atoms with E-state index in [1.807, 2.05) is 19.1 Å². The number of hydrogen-bond acceptors (Lipinski definition) is 6. The van der Waals surface area contributed by atoms with Gasteiger partial charge >= 0.3 is 0 Å². The average molecular weight is 468 g/mol. The van der Waals surface area contributed by atoms with Crippen molar-refractivity contribution in [2.24, 2.45) is 5.73 Å². The first-order valence-corrected chi connectivity index (χ1v) is 10.2. The summed E-state index contributed by atoms with van der Waals surface area (Å²) in [5, 5.41) is 12.7. The van der Waals surface area contributed by atoms with Crippen molar-refractivity contribution in [3.63, 3.8) is 0 Å². The number of thioether (sulfide) groups is 1. The fourth-order valence-corrected chi connectivity index (χ4v) is 5.27. The summed E-state index contributed by atoms with van der Waals surface area (Å²) in [5.74, 6) is -1.22. The summed E-state index contributed by atoms with van der Waals surface area (Å²) < 4.78 is 1.56. The zero-order valence-electron chi connectivity index (χ0n) is 14.0. The van der Waals surface area contributed by atoms with Crippen molar-refractivity contribution >= 4 is 66.7 Å². The minimum Gasteiger partial charge on any atom is -0.506 e. The van der Waals surface area contributed by atoms with Crippen LogP contribution in [0.4, 0.5) is 5.69 Å². The van der Waals surface area contributed by atoms with Gasteiger partial charge in [-0.3, -0.25) is 14.4 Å². The third-order valence-electron chi connectivity index (χ3n) is 3.60. The molecule has 0 unspecified atom stereocenters. The van der Waals surface area contributed by atoms with E-state index in [-0.39, 0.29) is 28.5 Å². The normalized spacial score (nSPS) is 10.9. The van der Waals surface area contributed by atoms with Gasteiger partial charge in [-0.2, -0.15) is 0 Å². The van der Waals surface area contributed by atoms with Gasteiger partial charge in [0, 0.05) is 10.5 Å². The van der Waals surface area contributed by atoms with Crippen molar-refractivity contribution < 1.29 is 14.7 Å². The molecular weight excluding hydrogens is 454 g/mol. The van der Waals surface area contributed by atoms with Gasteiger partial charge in [0.1, 0.15) is 5.75 Å². The van der Waals surface area contributed by atoms with Crippen LogP contribution in [0.15, 0.2) is 37.7 Å². The molecule has 0 aliphatic carbocycles. The van der Waals surface area contributed by atoms with E-state index in [1.165, 1.54) is 0 Å². The number of carbonyl (C=O) groups is 2. The highest BCUT2D eigenvalue weighted by Crippen LogP contribution is 2.40. The minimum atomic E-state index is -0.744. The number of amides is 2. The number of H-pyrrole nitrogens is 1. The van der Waals surface area contributed by atoms with Crippen LogP contribution >= 0.6 is 39.0 Å². The van der Waals surface area contributed by atoms with Crippen molar-refractivity contribution in [1.82, 2.24) is 4.98 Å². The number of aromatic amines is 1. The molecule has 2 heterocycles. The van der Waals surface area contributed by atoms with Crippen LogP contribution in [0.1, 0.15) is 15.9 Å². The Morgan fingerprint density at radius 2 is 2.11 bits per heavy atom. The first kappa shape index (κ1) is 19.5. The Labute approximate surface area is 170 Å². The number of hydrogen-bond donors (Lipinski definition) is 4. The van der Waals surface area contributed by atoms with Crippen LogP contribution < -0.4 is 16.6 Å². The van der Waals surface area contributed by atoms with Crippen molar-refractivity contribution in [3.05, 3.63) is 50.2 Å². The summed E-state index contributed by atoms with van der Waals surface area (Å²) in [6.45, 7) is 1.94. The summed E-state index contributed by atoms with van der Waals surface area (Å²) in [5.41, 5.74) is 6.86. The Morgan fingerprint density at radius 3 is 2.78 bits per heavy atom. The number of anilines is 1. The third-order valence-corrected chi connectivity index (χ3v) is 6.74. The maximum Gasteiger partial charge on any atom is 0.252 e. The van der Waals surface area contributed by atoms with Crippen LogP contribution in [0.2, 0.25) is 0 Å². The summed E-state index contributed by atoms with van der Waals surface area (Å²) in [6, 6.07) is 6.58. The molecule has 0 atom stereocenters. The van der Waals surface area contributed by atoms with Crippen LogP contribution in [0, 0.1) is 6.92 Å². The molecule has 0 aliphatic rings. The molecule has 5 N–H and O–H groups in total. The molecular formula is C17H14BrN3O4S2. The lowest BCUT2D eigenvalue weighted by molar-refractivity contribution is -0.113. The van der Waals surface area contributed by atoms with E-state index in [2.05, 4.69) is 26.2 Å². The topological polar surface area (TPSA) is 125 Å². The number of pyridine rings is 1. The van der Waals surface area contributed by atoms with Gasteiger partial charge in [0.15, 0.2) is 0 Å². The highest BCUT2D eigenvalue weighted by Gasteiger charge is 2.21. The number of aromatic hydroxyl groups is 1. The third kappa shape index (κ3) is 4.18. The average Bonchev–Trinajstić information content (AvgIpc) is 2.94. The van der Waals surface area contributed by atoms with Gasteiger partial charge in [-0.25, -0.2) is 0 Å². The Bertz CT molecular complexity index is 1120. The molecule has 2 aromatic heterocycles. The van der Waals surface area contributed by atoms with Gasteiger partial charge in [0.25, 0.3) is 11.5 Å². The number of benzene rings is 1. The van der Waals surface area contributed by atoms with E-state index < -0.39 is 11.5 Å². The molecule has 3 aromatic rings. The summed E-state index contributed by atoms with van der Waals surface area (Å²) in [6.07, 6.45) is 0. The van der Waals surface area contributed by atoms with Gasteiger partial charge in [0.2, 0.25) is 5.91 Å². The molecule has 0 saturated heterocycles. The summed E-state index contributed by atoms with van der Waals surface area (Å²) >= 11 is 5.60. The fourth-order valence-electron chi connectivity index (χ4n) is 2.42. The van der Waals surface area contributed by atoms with Crippen LogP contribution in [-0.2, 0) is 4.79 Å². The van der Waals surface area contributed by atoms with Crippen LogP contribution in [0.25, 0.3) is 10.2 Å². The van der Waals surface area contributed by atoms with E-state index in [0.717, 1.165) is 39.2 Å². The predicted molar refractivity (Wildman–Crippen MR) is 111 cm³/mol. The zero-order chi connectivity index (χ0) is 19.7. The number of nitrogens with one attached hydrogen (secondary N) is 2. The van der Waals surface area contributed by atoms with Crippen molar-refractivity contribution in [2.75, 3.05) is 11.1 Å². The Morgan fingerprint density at radius 1 is 1.37 bits per heavy atom. The second kappa shape index (κ2) is 7.75. The summed E-state index contributed by atoms with van der Waals surface area (Å²) in [4.78, 5) is 38.2. The van der Waals surface area contributed by atoms with Gasteiger partial charge in [-0.1, -0.05) is 6.07 Å². The molecule has 27 heavy (non-hydrogen) atoms. The first-order chi connectivity index (χ1) is 12.8. The monoisotopic (exact) mass is 467 g/mol. The Balaban J connectivity index is 1.83. The lowest BCUT2D eigenvalue weighted by atomic mass is 10.2. The van der Waals surface area contributed by atoms with Crippen LogP contribution in [0.5, 0.6) is 5.75 Å². The molecule has 0 bridgehead atoms. The Hall–Kier alpha value is -2.30. The molecule has 7 nitrogen and oxygen atoms in total. The molecule has 2 amide bonds. The lowest BCUT2D eigenvalue weighted by Gasteiger charge is -2.08. The van der Waals surface area contributed by atoms with E-state index in [4.69, 9.17) is 5.73 Å². The van der Waals surface area contributed by atoms with Crippen molar-refractivity contribution in [1.29, 1.82) is 0 Å². The number of thiophene rings is 1. The first-order valence-electron chi connectivity index (χ1n) is 7.63. The minimum absolute atomic E-state index is 0.0262. The smallest absolute Gasteiger partial charge is 0.252 e. The highest BCUT2D eigenvalue weighted by molar-refractivity contribution is 9.10. The number of fused-ring (bicyclic) bond motifs is 1. The molecule has 140 valence electrons. The standard InChI is InChI=1S/C17H14BrN3O4S2/c1-7-2-3-9(8(18)4-7)20-12(24)6-26-17-13(16(19)25)14-15(27-17)10(22)5-11(23)21-14/h2-5H,6H2,1H3,(H2,19,25)(H,20,24)(H2,21,22,23). The molecule has 10 heteroatoms. The number of rotatable bonds is 5. The molecule has 0 saturated carbocycles. The van der Waals surface area contributed by atoms with E-state index in [1.54, 1.807) is 6.07 Å². The van der Waals surface area contributed by atoms with Gasteiger partial charge < -0.3 is 21.1 Å². The Kier molecular flexibility index (Phi) is 5.59. The molecule has 1 aromatic carbocycles. The van der Waals surface area contributed by atoms with E-state index in [9.17, 15) is 19.5 Å². The number of nitrogens with two attached hydrogens (primary N) is 1. The highest BCUT2D eigenvalue weighted by atomic mass is 79.9. The van der Waals surface area contributed by atoms with Crippen molar-refractivity contribution in [2.45, 2.75) is 11.1 Å². The molecule has 3 rings (SSSR count). The zero-order valence-corrected chi connectivity index (χ0v) is 17.2. The molecule has 0 fully saturated rings. The van der Waals surface area contributed by atoms with Crippen molar-refractivity contribution in [3.8, 4) is 5.75 Å². The van der Waals surface area contributed by atoms with Gasteiger partial charge in [-0.15, -0.1) is 23.1 Å². The van der Waals surface area contributed by atoms with Crippen LogP contribution in [0.3, 0.4) is 0 Å². The number of primary amides is 1. The molecule has 0 aliphatic heterocycles. The fraction of sp³-hybridized carbons (Fsp3) is 0.118. The molecule has 0 radical (unpaired) electrons. The SMILES string of the molecule is Cc1ccc(NC(=O)CSc2sc3c(O)cc(=O)[nH]c3c2C(N)=O)c(Br)c1. The van der Waals surface area contributed by atoms with Gasteiger partial charge in [0.05, 0.1) is 31.4 Å². The largest absolute Gasteiger partial charge is 0.506 e. The summed E-state index contributed by atoms with van der Waals surface area (Å²) in [7, 11) is 0. The quantitative estimate of drug-likeness (QED) is 0.428. The number of aromatic nitrogens is 1. The number of halogens is 1. The maximum atomic E-state index is 12.3. The van der Waals surface area contributed by atoms with E-state index in [0.29, 0.717) is 14.6 Å². The molecule has 0 spiro atoms. The van der Waals surface area contributed by atoms with Gasteiger partial charge in [-0.05, 0) is 40.5 Å². The lowest BCUT2D eigenvalue weighted by Crippen LogP contribution is -2.16. The second-order valence-corrected chi connectivity index (χ2v) is 8.79.